The summed E-state index contributed by atoms with van der Waals surface area (Å²) in [7, 11) is 3.08. The van der Waals surface area contributed by atoms with E-state index in [2.05, 4.69) is 4.99 Å². The van der Waals surface area contributed by atoms with Crippen LogP contribution in [0.25, 0.3) is 0 Å². The first-order valence-electron chi connectivity index (χ1n) is 8.09. The molecule has 26 heavy (non-hydrogen) atoms. The van der Waals surface area contributed by atoms with Crippen molar-refractivity contribution in [2.75, 3.05) is 27.3 Å². The first-order chi connectivity index (χ1) is 12.7. The number of carbonyl (C=O) groups is 1. The molecule has 1 aliphatic rings. The highest BCUT2D eigenvalue weighted by molar-refractivity contribution is 8.13. The topological polar surface area (TPSA) is 51.1 Å². The number of nitrogens with zero attached hydrogens (tertiary/aromatic N) is 2. The number of methoxy groups -OCH3 is 2. The first-order valence-corrected chi connectivity index (χ1v) is 9.45. The smallest absolute Gasteiger partial charge is 0.267 e. The van der Waals surface area contributed by atoms with E-state index in [9.17, 15) is 4.79 Å². The summed E-state index contributed by atoms with van der Waals surface area (Å²) in [4.78, 5) is 19.3. The Hall–Kier alpha value is -2.18. The molecule has 1 amide bonds. The van der Waals surface area contributed by atoms with E-state index < -0.39 is 0 Å². The number of amidine groups is 1. The number of amides is 1. The van der Waals surface area contributed by atoms with Crippen molar-refractivity contribution in [2.45, 2.75) is 5.75 Å². The maximum atomic E-state index is 13.1. The lowest BCUT2D eigenvalue weighted by Gasteiger charge is -2.20. The third-order valence-corrected chi connectivity index (χ3v) is 5.43. The van der Waals surface area contributed by atoms with Crippen molar-refractivity contribution >= 4 is 34.4 Å². The minimum absolute atomic E-state index is 0.179. The van der Waals surface area contributed by atoms with Crippen LogP contribution in [0.5, 0.6) is 11.5 Å². The van der Waals surface area contributed by atoms with E-state index in [1.54, 1.807) is 23.1 Å². The Bertz CT molecular complexity index is 819. The maximum Gasteiger partial charge on any atom is 0.267 e. The molecule has 0 saturated carbocycles. The standard InChI is InChI=1S/C19H19ClN2O3S/c1-24-15-8-5-9-16(25-2)17(15)18(23)22-11-10-21-19(22)26-12-13-6-3-4-7-14(13)20/h3-9H,10-12H2,1-2H3. The van der Waals surface area contributed by atoms with Gasteiger partial charge in [0.15, 0.2) is 5.17 Å². The van der Waals surface area contributed by atoms with Gasteiger partial charge in [0.2, 0.25) is 0 Å². The van der Waals surface area contributed by atoms with Crippen LogP contribution < -0.4 is 9.47 Å². The van der Waals surface area contributed by atoms with Crippen molar-refractivity contribution in [3.05, 3.63) is 58.6 Å². The highest BCUT2D eigenvalue weighted by Crippen LogP contribution is 2.32. The highest BCUT2D eigenvalue weighted by atomic mass is 35.5. The van der Waals surface area contributed by atoms with Crippen LogP contribution in [0.4, 0.5) is 0 Å². The molecule has 0 aliphatic carbocycles. The summed E-state index contributed by atoms with van der Waals surface area (Å²) in [5, 5.41) is 1.39. The van der Waals surface area contributed by atoms with Gasteiger partial charge < -0.3 is 9.47 Å². The quantitative estimate of drug-likeness (QED) is 0.771. The Kier molecular flexibility index (Phi) is 6.06. The van der Waals surface area contributed by atoms with Crippen LogP contribution in [0.15, 0.2) is 47.5 Å². The second kappa shape index (κ2) is 8.47. The van der Waals surface area contributed by atoms with Crippen molar-refractivity contribution in [3.8, 4) is 11.5 Å². The summed E-state index contributed by atoms with van der Waals surface area (Å²) in [5.41, 5.74) is 1.42. The fraction of sp³-hybridized carbons (Fsp3) is 0.263. The highest BCUT2D eigenvalue weighted by Gasteiger charge is 2.29. The summed E-state index contributed by atoms with van der Waals surface area (Å²) in [6.07, 6.45) is 0. The molecule has 1 aliphatic heterocycles. The Morgan fingerprint density at radius 3 is 2.50 bits per heavy atom. The molecule has 0 spiro atoms. The van der Waals surface area contributed by atoms with E-state index in [-0.39, 0.29) is 5.91 Å². The lowest BCUT2D eigenvalue weighted by Crippen LogP contribution is -2.33. The number of benzene rings is 2. The van der Waals surface area contributed by atoms with Gasteiger partial charge in [-0.2, -0.15) is 0 Å². The molecule has 0 unspecified atom stereocenters. The number of thioether (sulfide) groups is 1. The Labute approximate surface area is 162 Å². The minimum Gasteiger partial charge on any atom is -0.496 e. The summed E-state index contributed by atoms with van der Waals surface area (Å²) in [6, 6.07) is 13.0. The van der Waals surface area contributed by atoms with Crippen LogP contribution in [0, 0.1) is 0 Å². The molecule has 0 saturated heterocycles. The SMILES string of the molecule is COc1cccc(OC)c1C(=O)N1CCN=C1SCc1ccccc1Cl. The molecule has 0 atom stereocenters. The van der Waals surface area contributed by atoms with Crippen molar-refractivity contribution < 1.29 is 14.3 Å². The number of ether oxygens (including phenoxy) is 2. The zero-order valence-electron chi connectivity index (χ0n) is 14.6. The van der Waals surface area contributed by atoms with Crippen LogP contribution in [0.2, 0.25) is 5.02 Å². The number of carbonyl (C=O) groups excluding carboxylic acids is 1. The third-order valence-electron chi connectivity index (χ3n) is 4.00. The van der Waals surface area contributed by atoms with Gasteiger partial charge >= 0.3 is 0 Å². The summed E-state index contributed by atoms with van der Waals surface area (Å²) < 4.78 is 10.7. The number of aliphatic imine (C=N–C) groups is 1. The van der Waals surface area contributed by atoms with E-state index >= 15 is 0 Å². The van der Waals surface area contributed by atoms with Crippen LogP contribution in [-0.2, 0) is 5.75 Å². The number of rotatable bonds is 5. The average molecular weight is 391 g/mol. The van der Waals surface area contributed by atoms with Gasteiger partial charge in [0.1, 0.15) is 17.1 Å². The molecule has 0 bridgehead atoms. The second-order valence-electron chi connectivity index (χ2n) is 5.54. The van der Waals surface area contributed by atoms with Crippen LogP contribution in [-0.4, -0.2) is 43.3 Å². The van der Waals surface area contributed by atoms with Crippen molar-refractivity contribution in [3.63, 3.8) is 0 Å². The fourth-order valence-corrected chi connectivity index (χ4v) is 4.02. The molecule has 5 nitrogen and oxygen atoms in total. The predicted octanol–water partition coefficient (Wildman–Crippen LogP) is 4.10. The Balaban J connectivity index is 1.80. The molecule has 3 rings (SSSR count). The molecule has 2 aromatic rings. The van der Waals surface area contributed by atoms with E-state index in [0.717, 1.165) is 5.56 Å². The first kappa shape index (κ1) is 18.6. The van der Waals surface area contributed by atoms with Crippen molar-refractivity contribution in [2.24, 2.45) is 4.99 Å². The molecular weight excluding hydrogens is 372 g/mol. The third kappa shape index (κ3) is 3.81. The maximum absolute atomic E-state index is 13.1. The Morgan fingerprint density at radius 2 is 1.85 bits per heavy atom. The van der Waals surface area contributed by atoms with Gasteiger partial charge in [-0.05, 0) is 23.8 Å². The summed E-state index contributed by atoms with van der Waals surface area (Å²) in [6.45, 7) is 1.11. The van der Waals surface area contributed by atoms with E-state index in [0.29, 0.717) is 46.1 Å². The van der Waals surface area contributed by atoms with Gasteiger partial charge in [-0.25, -0.2) is 0 Å². The summed E-state index contributed by atoms with van der Waals surface area (Å²) >= 11 is 7.72. The van der Waals surface area contributed by atoms with Crippen molar-refractivity contribution in [1.29, 1.82) is 0 Å². The van der Waals surface area contributed by atoms with Crippen LogP contribution in [0.1, 0.15) is 15.9 Å². The van der Waals surface area contributed by atoms with E-state index in [1.165, 1.54) is 26.0 Å². The molecule has 136 valence electrons. The van der Waals surface area contributed by atoms with E-state index in [1.807, 2.05) is 24.3 Å². The van der Waals surface area contributed by atoms with Gasteiger partial charge in [-0.1, -0.05) is 47.6 Å². The minimum atomic E-state index is -0.179. The summed E-state index contributed by atoms with van der Waals surface area (Å²) in [5.74, 6) is 1.43. The van der Waals surface area contributed by atoms with Crippen LogP contribution in [0.3, 0.4) is 0 Å². The van der Waals surface area contributed by atoms with Gasteiger partial charge in [0.05, 0.1) is 20.8 Å². The second-order valence-corrected chi connectivity index (χ2v) is 6.89. The van der Waals surface area contributed by atoms with Crippen molar-refractivity contribution in [1.82, 2.24) is 4.90 Å². The molecular formula is C19H19ClN2O3S. The molecule has 0 N–H and O–H groups in total. The largest absolute Gasteiger partial charge is 0.496 e. The van der Waals surface area contributed by atoms with Gasteiger partial charge in [0.25, 0.3) is 5.91 Å². The van der Waals surface area contributed by atoms with Gasteiger partial charge in [0, 0.05) is 17.3 Å². The number of hydrogen-bond acceptors (Lipinski definition) is 5. The average Bonchev–Trinajstić information content (AvgIpc) is 3.14. The van der Waals surface area contributed by atoms with E-state index in [4.69, 9.17) is 21.1 Å². The molecule has 0 fully saturated rings. The van der Waals surface area contributed by atoms with Gasteiger partial charge in [-0.15, -0.1) is 0 Å². The molecule has 0 aromatic heterocycles. The van der Waals surface area contributed by atoms with Gasteiger partial charge in [-0.3, -0.25) is 14.7 Å². The lowest BCUT2D eigenvalue weighted by atomic mass is 10.1. The molecule has 7 heteroatoms. The predicted molar refractivity (Wildman–Crippen MR) is 106 cm³/mol. The molecule has 0 radical (unpaired) electrons. The molecule has 1 heterocycles. The van der Waals surface area contributed by atoms with Crippen LogP contribution >= 0.6 is 23.4 Å². The normalized spacial score (nSPS) is 13.5. The fourth-order valence-electron chi connectivity index (χ4n) is 2.69. The number of halogens is 1. The zero-order chi connectivity index (χ0) is 18.5. The Morgan fingerprint density at radius 1 is 1.15 bits per heavy atom. The zero-order valence-corrected chi connectivity index (χ0v) is 16.1. The molecule has 2 aromatic carbocycles. The number of hydrogen-bond donors (Lipinski definition) is 0. The monoisotopic (exact) mass is 390 g/mol. The lowest BCUT2D eigenvalue weighted by molar-refractivity contribution is 0.0854.